The van der Waals surface area contributed by atoms with Crippen LogP contribution in [0.2, 0.25) is 0 Å². The first-order valence-electron chi connectivity index (χ1n) is 4.16. The molecule has 0 aromatic rings. The fourth-order valence-electron chi connectivity index (χ4n) is 2.60. The van der Waals surface area contributed by atoms with Gasteiger partial charge in [0.1, 0.15) is 0 Å². The van der Waals surface area contributed by atoms with E-state index in [1.807, 2.05) is 0 Å². The molecule has 0 radical (unpaired) electrons. The topological polar surface area (TPSA) is 0 Å². The van der Waals surface area contributed by atoms with Gasteiger partial charge in [-0.15, -0.1) is 0 Å². The van der Waals surface area contributed by atoms with Crippen molar-refractivity contribution in [2.24, 2.45) is 17.3 Å². The van der Waals surface area contributed by atoms with Crippen LogP contribution in [0.15, 0.2) is 0 Å². The number of hydrogen-bond acceptors (Lipinski definition) is 1. The lowest BCUT2D eigenvalue weighted by molar-refractivity contribution is 0.338. The van der Waals surface area contributed by atoms with Gasteiger partial charge in [-0.1, -0.05) is 26.1 Å². The van der Waals surface area contributed by atoms with Gasteiger partial charge >= 0.3 is 0 Å². The molecule has 0 saturated heterocycles. The molecule has 0 aromatic heterocycles. The maximum atomic E-state index is 5.41. The fourth-order valence-corrected chi connectivity index (χ4v) is 2.98. The van der Waals surface area contributed by atoms with Gasteiger partial charge in [0, 0.05) is 4.86 Å². The van der Waals surface area contributed by atoms with Crippen molar-refractivity contribution in [3.63, 3.8) is 0 Å². The summed E-state index contributed by atoms with van der Waals surface area (Å²) in [6.45, 7) is 4.64. The average Bonchev–Trinajstić information content (AvgIpc) is 2.37. The van der Waals surface area contributed by atoms with Crippen molar-refractivity contribution < 1.29 is 0 Å². The van der Waals surface area contributed by atoms with Gasteiger partial charge in [-0.2, -0.15) is 0 Å². The molecule has 56 valence electrons. The predicted molar refractivity (Wildman–Crippen MR) is 47.2 cm³/mol. The Kier molecular flexibility index (Phi) is 1.23. The molecule has 2 atom stereocenters. The molecule has 10 heavy (non-hydrogen) atoms. The zero-order valence-corrected chi connectivity index (χ0v) is 7.50. The summed E-state index contributed by atoms with van der Waals surface area (Å²) in [6, 6.07) is 0. The van der Waals surface area contributed by atoms with Crippen LogP contribution in [0.3, 0.4) is 0 Å². The van der Waals surface area contributed by atoms with Crippen LogP contribution in [0.4, 0.5) is 0 Å². The third-order valence-electron chi connectivity index (χ3n) is 3.46. The maximum Gasteiger partial charge on any atom is 0.00185 e. The summed E-state index contributed by atoms with van der Waals surface area (Å²) >= 11 is 5.41. The van der Waals surface area contributed by atoms with E-state index in [2.05, 4.69) is 13.8 Å². The molecule has 0 nitrogen and oxygen atoms in total. The van der Waals surface area contributed by atoms with Crippen LogP contribution in [-0.2, 0) is 0 Å². The van der Waals surface area contributed by atoms with Gasteiger partial charge in [-0.3, -0.25) is 0 Å². The standard InChI is InChI=1S/C9H14S/c1-9(2)7-4-3-6(5-7)8(9)10/h6-7H,3-5H2,1-2H3/t6-,7+/m0/s1. The van der Waals surface area contributed by atoms with E-state index in [1.54, 1.807) is 0 Å². The normalized spacial score (nSPS) is 42.8. The van der Waals surface area contributed by atoms with Crippen LogP contribution in [-0.4, -0.2) is 4.86 Å². The lowest BCUT2D eigenvalue weighted by Gasteiger charge is -2.30. The van der Waals surface area contributed by atoms with E-state index in [-0.39, 0.29) is 0 Å². The molecule has 2 aliphatic rings. The first-order chi connectivity index (χ1) is 4.62. The Bertz CT molecular complexity index is 181. The van der Waals surface area contributed by atoms with Gasteiger partial charge in [-0.05, 0) is 36.5 Å². The van der Waals surface area contributed by atoms with E-state index >= 15 is 0 Å². The lowest BCUT2D eigenvalue weighted by atomic mass is 9.76. The number of thiocarbonyl (C=S) groups is 1. The van der Waals surface area contributed by atoms with Crippen molar-refractivity contribution in [1.82, 2.24) is 0 Å². The van der Waals surface area contributed by atoms with Gasteiger partial charge < -0.3 is 0 Å². The van der Waals surface area contributed by atoms with Crippen LogP contribution in [0, 0.1) is 17.3 Å². The minimum Gasteiger partial charge on any atom is -0.0888 e. The molecule has 2 fully saturated rings. The van der Waals surface area contributed by atoms with Crippen molar-refractivity contribution in [3.05, 3.63) is 0 Å². The first kappa shape index (κ1) is 6.78. The van der Waals surface area contributed by atoms with E-state index in [0.717, 1.165) is 11.8 Å². The molecule has 0 aromatic carbocycles. The Labute approximate surface area is 68.0 Å². The molecule has 2 bridgehead atoms. The van der Waals surface area contributed by atoms with E-state index in [0.29, 0.717) is 5.41 Å². The summed E-state index contributed by atoms with van der Waals surface area (Å²) in [5, 5.41) is 0. The maximum absolute atomic E-state index is 5.41. The Morgan fingerprint density at radius 1 is 1.40 bits per heavy atom. The van der Waals surface area contributed by atoms with Crippen LogP contribution in [0.1, 0.15) is 33.1 Å². The quantitative estimate of drug-likeness (QED) is 0.483. The molecule has 2 saturated carbocycles. The summed E-state index contributed by atoms with van der Waals surface area (Å²) in [5.41, 5.74) is 0.401. The van der Waals surface area contributed by atoms with Gasteiger partial charge in [0.05, 0.1) is 0 Å². The fraction of sp³-hybridized carbons (Fsp3) is 0.889. The van der Waals surface area contributed by atoms with Gasteiger partial charge in [0.25, 0.3) is 0 Å². The van der Waals surface area contributed by atoms with Crippen molar-refractivity contribution >= 4 is 17.1 Å². The molecule has 0 aliphatic heterocycles. The van der Waals surface area contributed by atoms with Crippen LogP contribution in [0.25, 0.3) is 0 Å². The van der Waals surface area contributed by atoms with E-state index < -0.39 is 0 Å². The minimum absolute atomic E-state index is 0.401. The Balaban J connectivity index is 2.34. The number of rotatable bonds is 0. The van der Waals surface area contributed by atoms with Crippen molar-refractivity contribution in [2.45, 2.75) is 33.1 Å². The number of hydrogen-bond donors (Lipinski definition) is 0. The summed E-state index contributed by atoms with van der Waals surface area (Å²) in [7, 11) is 0. The number of fused-ring (bicyclic) bond motifs is 2. The zero-order valence-electron chi connectivity index (χ0n) is 6.68. The monoisotopic (exact) mass is 154 g/mol. The van der Waals surface area contributed by atoms with E-state index in [1.165, 1.54) is 24.1 Å². The summed E-state index contributed by atoms with van der Waals surface area (Å²) in [4.78, 5) is 1.36. The Morgan fingerprint density at radius 2 is 2.10 bits per heavy atom. The van der Waals surface area contributed by atoms with Gasteiger partial charge in [0.15, 0.2) is 0 Å². The Hall–Kier alpha value is 0.0900. The zero-order chi connectivity index (χ0) is 7.35. The predicted octanol–water partition coefficient (Wildman–Crippen LogP) is 2.81. The van der Waals surface area contributed by atoms with Crippen LogP contribution < -0.4 is 0 Å². The molecule has 0 unspecified atom stereocenters. The molecule has 0 spiro atoms. The molecule has 2 rings (SSSR count). The molecule has 1 heteroatoms. The largest absolute Gasteiger partial charge is 0.0888 e. The van der Waals surface area contributed by atoms with Gasteiger partial charge in [-0.25, -0.2) is 0 Å². The first-order valence-corrected chi connectivity index (χ1v) is 4.57. The molecule has 0 amide bonds. The Morgan fingerprint density at radius 3 is 2.40 bits per heavy atom. The highest BCUT2D eigenvalue weighted by Gasteiger charge is 2.48. The van der Waals surface area contributed by atoms with E-state index in [4.69, 9.17) is 12.2 Å². The molecule has 0 heterocycles. The average molecular weight is 154 g/mol. The highest BCUT2D eigenvalue weighted by Crippen LogP contribution is 2.53. The summed E-state index contributed by atoms with van der Waals surface area (Å²) in [6.07, 6.45) is 4.20. The van der Waals surface area contributed by atoms with Crippen LogP contribution >= 0.6 is 12.2 Å². The van der Waals surface area contributed by atoms with Gasteiger partial charge in [0.2, 0.25) is 0 Å². The van der Waals surface area contributed by atoms with Crippen molar-refractivity contribution in [2.75, 3.05) is 0 Å². The minimum atomic E-state index is 0.401. The van der Waals surface area contributed by atoms with Crippen molar-refractivity contribution in [1.29, 1.82) is 0 Å². The second-order valence-corrected chi connectivity index (χ2v) is 4.73. The highest BCUT2D eigenvalue weighted by molar-refractivity contribution is 7.80. The SMILES string of the molecule is CC1(C)C(=S)[C@H]2CC[C@@H]1C2. The third kappa shape index (κ3) is 0.646. The molecule has 0 N–H and O–H groups in total. The third-order valence-corrected chi connectivity index (χ3v) is 4.32. The molecular formula is C9H14S. The molecular weight excluding hydrogens is 140 g/mol. The summed E-state index contributed by atoms with van der Waals surface area (Å²) < 4.78 is 0. The highest BCUT2D eigenvalue weighted by atomic mass is 32.1. The van der Waals surface area contributed by atoms with Crippen molar-refractivity contribution in [3.8, 4) is 0 Å². The lowest BCUT2D eigenvalue weighted by Crippen LogP contribution is -2.28. The summed E-state index contributed by atoms with van der Waals surface area (Å²) in [5.74, 6) is 1.74. The molecule has 2 aliphatic carbocycles. The smallest absolute Gasteiger partial charge is 0.00185 e. The second-order valence-electron chi connectivity index (χ2n) is 4.29. The second kappa shape index (κ2) is 1.82. The van der Waals surface area contributed by atoms with Crippen LogP contribution in [0.5, 0.6) is 0 Å². The van der Waals surface area contributed by atoms with E-state index in [9.17, 15) is 0 Å².